The van der Waals surface area contributed by atoms with Crippen molar-refractivity contribution in [2.45, 2.75) is 31.2 Å². The maximum Gasteiger partial charge on any atom is 0.352 e. The van der Waals surface area contributed by atoms with E-state index in [-0.39, 0.29) is 30.3 Å². The predicted molar refractivity (Wildman–Crippen MR) is 117 cm³/mol. The Morgan fingerprint density at radius 3 is 2.48 bits per heavy atom. The van der Waals surface area contributed by atoms with E-state index in [1.165, 1.54) is 30.3 Å². The summed E-state index contributed by atoms with van der Waals surface area (Å²) in [6, 6.07) is 9.35. The summed E-state index contributed by atoms with van der Waals surface area (Å²) >= 11 is 0. The molecule has 174 valence electrons. The second kappa shape index (κ2) is 9.97. The van der Waals surface area contributed by atoms with Gasteiger partial charge in [0.2, 0.25) is 0 Å². The summed E-state index contributed by atoms with van der Waals surface area (Å²) in [6.07, 6.45) is 3.84. The van der Waals surface area contributed by atoms with Crippen molar-refractivity contribution in [1.29, 1.82) is 0 Å². The molecule has 2 heterocycles. The molecule has 0 fully saturated rings. The van der Waals surface area contributed by atoms with Crippen molar-refractivity contribution in [1.82, 2.24) is 5.01 Å². The Morgan fingerprint density at radius 1 is 1.21 bits per heavy atom. The van der Waals surface area contributed by atoms with Crippen LogP contribution in [0.15, 0.2) is 59.7 Å². The van der Waals surface area contributed by atoms with Crippen molar-refractivity contribution in [3.63, 3.8) is 0 Å². The van der Waals surface area contributed by atoms with E-state index in [9.17, 15) is 27.2 Å². The predicted octanol–water partition coefficient (Wildman–Crippen LogP) is 4.99. The van der Waals surface area contributed by atoms with E-state index in [4.69, 9.17) is 0 Å². The third-order valence-corrected chi connectivity index (χ3v) is 5.36. The van der Waals surface area contributed by atoms with Crippen LogP contribution in [0.25, 0.3) is 0 Å². The van der Waals surface area contributed by atoms with Crippen LogP contribution in [0.1, 0.15) is 36.4 Å². The molecule has 0 bridgehead atoms. The number of anilines is 1. The van der Waals surface area contributed by atoms with Gasteiger partial charge in [-0.15, -0.1) is 0 Å². The van der Waals surface area contributed by atoms with E-state index in [1.54, 1.807) is 24.3 Å². The monoisotopic (exact) mass is 461 g/mol. The molecule has 4 rings (SSSR count). The van der Waals surface area contributed by atoms with E-state index in [1.807, 2.05) is 0 Å². The average molecular weight is 461 g/mol. The summed E-state index contributed by atoms with van der Waals surface area (Å²) in [6.45, 7) is 3.73. The molecule has 0 radical (unpaired) electrons. The minimum atomic E-state index is -3.48. The van der Waals surface area contributed by atoms with Gasteiger partial charge in [-0.1, -0.05) is 30.4 Å². The van der Waals surface area contributed by atoms with Crippen LogP contribution >= 0.6 is 0 Å². The number of aldehydes is 1. The lowest BCUT2D eigenvalue weighted by molar-refractivity contribution is -0.141. The van der Waals surface area contributed by atoms with E-state index < -0.39 is 23.5 Å². The van der Waals surface area contributed by atoms with Crippen LogP contribution in [-0.2, 0) is 15.5 Å². The fourth-order valence-electron chi connectivity index (χ4n) is 3.72. The molecule has 0 saturated carbocycles. The molecule has 2 aliphatic heterocycles. The van der Waals surface area contributed by atoms with Crippen LogP contribution < -0.4 is 4.90 Å². The number of nitrogens with zero attached hydrogens (tertiary/aromatic N) is 3. The van der Waals surface area contributed by atoms with E-state index >= 15 is 0 Å². The Hall–Kier alpha value is -3.49. The minimum Gasteiger partial charge on any atom is -0.303 e. The molecule has 5 nitrogen and oxygen atoms in total. The van der Waals surface area contributed by atoms with Crippen molar-refractivity contribution in [2.24, 2.45) is 5.10 Å². The molecule has 1 unspecified atom stereocenters. The molecule has 2 aromatic rings. The lowest BCUT2D eigenvalue weighted by Crippen LogP contribution is -2.35. The molecular weight excluding hydrogens is 438 g/mol. The lowest BCUT2D eigenvalue weighted by atomic mass is 10.0. The van der Waals surface area contributed by atoms with Crippen LogP contribution in [0.3, 0.4) is 0 Å². The zero-order chi connectivity index (χ0) is 24.2. The summed E-state index contributed by atoms with van der Waals surface area (Å²) in [5.41, 5.74) is 1.14. The molecular formula is C24H23F4N3O2. The number of benzene rings is 2. The van der Waals surface area contributed by atoms with Crippen LogP contribution in [0.4, 0.5) is 23.2 Å². The maximum absolute atomic E-state index is 13.8. The largest absolute Gasteiger partial charge is 0.352 e. The number of hydrogen-bond donors (Lipinski definition) is 0. The summed E-state index contributed by atoms with van der Waals surface area (Å²) in [4.78, 5) is 23.1. The van der Waals surface area contributed by atoms with Gasteiger partial charge < -0.3 is 9.69 Å². The van der Waals surface area contributed by atoms with Crippen LogP contribution in [0.2, 0.25) is 0 Å². The fraction of sp³-hybridized carbons (Fsp3) is 0.292. The fourth-order valence-corrected chi connectivity index (χ4v) is 3.72. The Morgan fingerprint density at radius 2 is 1.88 bits per heavy atom. The molecule has 1 atom stereocenters. The van der Waals surface area contributed by atoms with Crippen LogP contribution in [0, 0.1) is 11.6 Å². The standard InChI is InChI=1S/C14H13F2NO2.C10H10F2N2/c1-10(5-4-8-18)9-17-12-7-3-2-6-11(12)14(15,16)13(17)19;1-14-10(2-3-13-14)7-4-8(11)6-9(12)5-7/h2-3,6-8H,1,4-5,9H2;3-6,10H,2H2,1H3. The molecule has 2 aliphatic rings. The first-order valence-corrected chi connectivity index (χ1v) is 10.3. The number of carbonyl (C=O) groups is 2. The average Bonchev–Trinajstić information content (AvgIpc) is 3.28. The van der Waals surface area contributed by atoms with Gasteiger partial charge in [0.25, 0.3) is 0 Å². The van der Waals surface area contributed by atoms with Gasteiger partial charge in [0.1, 0.15) is 17.9 Å². The Kier molecular flexibility index (Phi) is 7.30. The minimum absolute atomic E-state index is 0.0132. The van der Waals surface area contributed by atoms with Gasteiger partial charge in [-0.2, -0.15) is 13.9 Å². The molecule has 0 N–H and O–H groups in total. The highest BCUT2D eigenvalue weighted by atomic mass is 19.3. The topological polar surface area (TPSA) is 53.0 Å². The van der Waals surface area contributed by atoms with Gasteiger partial charge in [-0.25, -0.2) is 8.78 Å². The molecule has 33 heavy (non-hydrogen) atoms. The SMILES string of the molecule is C=C(CCC=O)CN1C(=O)C(F)(F)c2ccccc21.CN1N=CCC1c1cc(F)cc(F)c1. The van der Waals surface area contributed by atoms with E-state index in [0.717, 1.165) is 17.3 Å². The second-order valence-electron chi connectivity index (χ2n) is 7.76. The van der Waals surface area contributed by atoms with Crippen molar-refractivity contribution >= 4 is 24.1 Å². The molecule has 0 spiro atoms. The van der Waals surface area contributed by atoms with Gasteiger partial charge in [0.15, 0.2) is 0 Å². The molecule has 0 aliphatic carbocycles. The zero-order valence-electron chi connectivity index (χ0n) is 18.0. The molecule has 2 aromatic carbocycles. The highest BCUT2D eigenvalue weighted by molar-refractivity contribution is 6.06. The normalized spacial score (nSPS) is 18.1. The van der Waals surface area contributed by atoms with Crippen LogP contribution in [-0.4, -0.2) is 37.0 Å². The number of carbonyl (C=O) groups excluding carboxylic acids is 2. The first-order valence-electron chi connectivity index (χ1n) is 10.3. The summed E-state index contributed by atoms with van der Waals surface area (Å²) in [7, 11) is 1.79. The highest BCUT2D eigenvalue weighted by Gasteiger charge is 2.52. The Balaban J connectivity index is 0.000000194. The van der Waals surface area contributed by atoms with Gasteiger partial charge in [0, 0.05) is 38.7 Å². The van der Waals surface area contributed by atoms with Gasteiger partial charge >= 0.3 is 11.8 Å². The molecule has 0 aromatic heterocycles. The maximum atomic E-state index is 13.8. The number of hydrogen-bond acceptors (Lipinski definition) is 4. The van der Waals surface area contributed by atoms with Gasteiger partial charge in [0.05, 0.1) is 17.3 Å². The van der Waals surface area contributed by atoms with Gasteiger partial charge in [-0.05, 0) is 30.2 Å². The van der Waals surface area contributed by atoms with Crippen molar-refractivity contribution in [3.05, 3.63) is 77.4 Å². The molecule has 9 heteroatoms. The van der Waals surface area contributed by atoms with Gasteiger partial charge in [-0.3, -0.25) is 9.80 Å². The van der Waals surface area contributed by atoms with E-state index in [0.29, 0.717) is 24.0 Å². The highest BCUT2D eigenvalue weighted by Crippen LogP contribution is 2.44. The first-order chi connectivity index (χ1) is 15.6. The summed E-state index contributed by atoms with van der Waals surface area (Å²) in [5.74, 6) is -5.80. The smallest absolute Gasteiger partial charge is 0.303 e. The third kappa shape index (κ3) is 5.30. The van der Waals surface area contributed by atoms with Crippen molar-refractivity contribution in [2.75, 3.05) is 18.5 Å². The number of para-hydroxylation sites is 1. The number of hydrazone groups is 1. The lowest BCUT2D eigenvalue weighted by Gasteiger charge is -2.19. The first kappa shape index (κ1) is 24.2. The second-order valence-corrected chi connectivity index (χ2v) is 7.76. The third-order valence-electron chi connectivity index (χ3n) is 5.36. The summed E-state index contributed by atoms with van der Waals surface area (Å²) in [5, 5.41) is 5.72. The number of halogens is 4. The summed E-state index contributed by atoms with van der Waals surface area (Å²) < 4.78 is 53.4. The van der Waals surface area contributed by atoms with Crippen molar-refractivity contribution in [3.8, 4) is 0 Å². The number of fused-ring (bicyclic) bond motifs is 1. The molecule has 0 saturated heterocycles. The Bertz CT molecular complexity index is 1070. The molecule has 1 amide bonds. The number of rotatable bonds is 6. The van der Waals surface area contributed by atoms with Crippen molar-refractivity contribution < 1.29 is 27.2 Å². The Labute approximate surface area is 189 Å². The number of amides is 1. The van der Waals surface area contributed by atoms with E-state index in [2.05, 4.69) is 11.7 Å². The number of alkyl halides is 2. The zero-order valence-corrected chi connectivity index (χ0v) is 18.0. The van der Waals surface area contributed by atoms with Crippen LogP contribution in [0.5, 0.6) is 0 Å². The quantitative estimate of drug-likeness (QED) is 0.346.